The summed E-state index contributed by atoms with van der Waals surface area (Å²) in [5, 5.41) is 1.29. The van der Waals surface area contributed by atoms with Crippen molar-refractivity contribution in [1.29, 1.82) is 0 Å². The average molecular weight is 454 g/mol. The lowest BCUT2D eigenvalue weighted by atomic mass is 9.82. The zero-order valence-corrected chi connectivity index (χ0v) is 19.4. The van der Waals surface area contributed by atoms with E-state index in [1.54, 1.807) is 0 Å². The predicted molar refractivity (Wildman–Crippen MR) is 124 cm³/mol. The van der Waals surface area contributed by atoms with Crippen LogP contribution in [0, 0.1) is 5.92 Å². The molecular weight excluding hydrogens is 419 g/mol. The number of nitrogens with zero attached hydrogens (tertiary/aromatic N) is 3. The van der Waals surface area contributed by atoms with Gasteiger partial charge < -0.3 is 10.6 Å². The monoisotopic (exact) mass is 453 g/mol. The van der Waals surface area contributed by atoms with Crippen molar-refractivity contribution >= 4 is 34.9 Å². The topological polar surface area (TPSA) is 49.6 Å². The molecule has 3 fully saturated rings. The van der Waals surface area contributed by atoms with E-state index in [1.165, 1.54) is 25.8 Å². The maximum absolute atomic E-state index is 12.2. The number of anilines is 1. The number of primary amides is 1. The number of rotatable bonds is 5. The van der Waals surface area contributed by atoms with E-state index in [2.05, 4.69) is 15.9 Å². The summed E-state index contributed by atoms with van der Waals surface area (Å²) in [7, 11) is 0. The molecule has 7 heteroatoms. The minimum Gasteiger partial charge on any atom is -0.368 e. The summed E-state index contributed by atoms with van der Waals surface area (Å²) in [4.78, 5) is 17.1. The molecule has 3 aliphatic rings. The fourth-order valence-electron chi connectivity index (χ4n) is 5.91. The number of amides is 2. The Bertz CT molecular complexity index is 737. The Labute approximate surface area is 190 Å². The van der Waals surface area contributed by atoms with Gasteiger partial charge in [0.15, 0.2) is 0 Å². The Hall–Kier alpha value is -1.01. The van der Waals surface area contributed by atoms with Gasteiger partial charge in [-0.3, -0.25) is 4.90 Å². The third-order valence-electron chi connectivity index (χ3n) is 7.82. The standard InChI is InChI=1S/C23H34Cl2N4O/c24-20-4-3-5-21(22(20)25)28-14-12-27(13-15-28)11-10-18-6-8-19(9-7-18)29(23(26)30)16-1-2-17-29/h3-5,18-19H,1-2,6-17H2,(H-,26,30)/p+1. The summed E-state index contributed by atoms with van der Waals surface area (Å²) in [5.41, 5.74) is 6.88. The van der Waals surface area contributed by atoms with Crippen LogP contribution in [0.1, 0.15) is 44.9 Å². The molecule has 0 spiro atoms. The van der Waals surface area contributed by atoms with Crippen LogP contribution in [0.15, 0.2) is 18.2 Å². The third-order valence-corrected chi connectivity index (χ3v) is 8.63. The van der Waals surface area contributed by atoms with E-state index in [1.807, 2.05) is 12.1 Å². The summed E-state index contributed by atoms with van der Waals surface area (Å²) >= 11 is 12.6. The number of likely N-dealkylation sites (tertiary alicyclic amines) is 1. The highest BCUT2D eigenvalue weighted by Gasteiger charge is 2.46. The van der Waals surface area contributed by atoms with Gasteiger partial charge in [0.2, 0.25) is 0 Å². The first-order valence-corrected chi connectivity index (χ1v) is 12.3. The Morgan fingerprint density at radius 3 is 2.33 bits per heavy atom. The molecule has 1 aromatic rings. The van der Waals surface area contributed by atoms with Crippen LogP contribution in [0.5, 0.6) is 0 Å². The van der Waals surface area contributed by atoms with Crippen molar-refractivity contribution in [2.24, 2.45) is 11.7 Å². The number of piperazine rings is 1. The fourth-order valence-corrected chi connectivity index (χ4v) is 6.32. The average Bonchev–Trinajstić information content (AvgIpc) is 3.27. The Kier molecular flexibility index (Phi) is 7.13. The number of nitrogens with two attached hydrogens (primary N) is 1. The first-order chi connectivity index (χ1) is 14.5. The van der Waals surface area contributed by atoms with Gasteiger partial charge in [-0.25, -0.2) is 9.28 Å². The number of quaternary nitrogens is 1. The molecule has 1 aliphatic carbocycles. The van der Waals surface area contributed by atoms with Crippen LogP contribution in [0.3, 0.4) is 0 Å². The molecule has 2 N–H and O–H groups in total. The summed E-state index contributed by atoms with van der Waals surface area (Å²) in [6.45, 7) is 7.22. The Morgan fingerprint density at radius 1 is 1.03 bits per heavy atom. The van der Waals surface area contributed by atoms with Crippen molar-refractivity contribution in [3.05, 3.63) is 28.2 Å². The van der Waals surface area contributed by atoms with Crippen molar-refractivity contribution in [2.45, 2.75) is 51.0 Å². The molecule has 0 bridgehead atoms. The quantitative estimate of drug-likeness (QED) is 0.653. The van der Waals surface area contributed by atoms with Gasteiger partial charge in [0.1, 0.15) is 0 Å². The zero-order chi connectivity index (χ0) is 21.1. The van der Waals surface area contributed by atoms with Gasteiger partial charge >= 0.3 is 6.03 Å². The van der Waals surface area contributed by atoms with Crippen LogP contribution < -0.4 is 10.6 Å². The molecule has 2 amide bonds. The number of carbonyl (C=O) groups excluding carboxylic acids is 1. The van der Waals surface area contributed by atoms with Gasteiger partial charge in [-0.05, 0) is 43.9 Å². The SMILES string of the molecule is NC(=O)[N+]1(C2CCC(CCN3CCN(c4cccc(Cl)c4Cl)CC3)CC2)CCCC1. The highest BCUT2D eigenvalue weighted by Crippen LogP contribution is 2.37. The summed E-state index contributed by atoms with van der Waals surface area (Å²) in [6.07, 6.45) is 8.38. The van der Waals surface area contributed by atoms with Gasteiger partial charge in [0.05, 0.1) is 34.9 Å². The fraction of sp³-hybridized carbons (Fsp3) is 0.696. The number of benzene rings is 1. The lowest BCUT2D eigenvalue weighted by Gasteiger charge is -2.41. The molecular formula is C23H35Cl2N4O+. The Balaban J connectivity index is 1.21. The van der Waals surface area contributed by atoms with Crippen LogP contribution in [-0.2, 0) is 0 Å². The molecule has 1 saturated carbocycles. The van der Waals surface area contributed by atoms with Crippen molar-refractivity contribution in [1.82, 2.24) is 4.90 Å². The highest BCUT2D eigenvalue weighted by molar-refractivity contribution is 6.43. The van der Waals surface area contributed by atoms with Crippen LogP contribution in [-0.4, -0.2) is 67.3 Å². The van der Waals surface area contributed by atoms with Gasteiger partial charge in [0.25, 0.3) is 0 Å². The number of halogens is 2. The van der Waals surface area contributed by atoms with E-state index in [0.717, 1.165) is 76.6 Å². The van der Waals surface area contributed by atoms with Crippen molar-refractivity contribution in [3.63, 3.8) is 0 Å². The lowest BCUT2D eigenvalue weighted by molar-refractivity contribution is -0.864. The molecule has 2 heterocycles. The van der Waals surface area contributed by atoms with Gasteiger partial charge in [0, 0.05) is 51.9 Å². The molecule has 166 valence electrons. The summed E-state index contributed by atoms with van der Waals surface area (Å²) in [5.74, 6) is 0.789. The second-order valence-corrected chi connectivity index (χ2v) is 10.2. The van der Waals surface area contributed by atoms with E-state index < -0.39 is 0 Å². The van der Waals surface area contributed by atoms with E-state index in [0.29, 0.717) is 20.6 Å². The normalized spacial score (nSPS) is 27.3. The minimum atomic E-state index is -0.0892. The molecule has 30 heavy (non-hydrogen) atoms. The van der Waals surface area contributed by atoms with Gasteiger partial charge in [-0.15, -0.1) is 0 Å². The molecule has 0 unspecified atom stereocenters. The van der Waals surface area contributed by atoms with E-state index in [-0.39, 0.29) is 6.03 Å². The number of carbonyl (C=O) groups is 1. The second kappa shape index (κ2) is 9.64. The number of urea groups is 1. The van der Waals surface area contributed by atoms with Crippen molar-refractivity contribution < 1.29 is 9.28 Å². The van der Waals surface area contributed by atoms with Crippen LogP contribution in [0.4, 0.5) is 10.5 Å². The van der Waals surface area contributed by atoms with E-state index in [4.69, 9.17) is 28.9 Å². The lowest BCUT2D eigenvalue weighted by Crippen LogP contribution is -2.60. The van der Waals surface area contributed by atoms with Crippen LogP contribution >= 0.6 is 23.2 Å². The maximum atomic E-state index is 12.2. The number of hydrogen-bond acceptors (Lipinski definition) is 3. The third kappa shape index (κ3) is 4.59. The minimum absolute atomic E-state index is 0.0892. The molecule has 2 aliphatic heterocycles. The van der Waals surface area contributed by atoms with Gasteiger partial charge in [-0.2, -0.15) is 0 Å². The maximum Gasteiger partial charge on any atom is 0.414 e. The molecule has 4 rings (SSSR count). The summed E-state index contributed by atoms with van der Waals surface area (Å²) in [6, 6.07) is 6.25. The van der Waals surface area contributed by atoms with E-state index in [9.17, 15) is 4.79 Å². The van der Waals surface area contributed by atoms with Crippen molar-refractivity contribution in [3.8, 4) is 0 Å². The number of hydrogen-bond donors (Lipinski definition) is 1. The second-order valence-electron chi connectivity index (χ2n) is 9.39. The molecule has 2 saturated heterocycles. The Morgan fingerprint density at radius 2 is 1.70 bits per heavy atom. The smallest absolute Gasteiger partial charge is 0.368 e. The zero-order valence-electron chi connectivity index (χ0n) is 17.9. The first-order valence-electron chi connectivity index (χ1n) is 11.6. The molecule has 0 atom stereocenters. The largest absolute Gasteiger partial charge is 0.414 e. The first kappa shape index (κ1) is 22.2. The predicted octanol–water partition coefficient (Wildman–Crippen LogP) is 4.75. The van der Waals surface area contributed by atoms with Crippen LogP contribution in [0.2, 0.25) is 10.0 Å². The molecule has 5 nitrogen and oxygen atoms in total. The molecule has 0 aromatic heterocycles. The molecule has 0 radical (unpaired) electrons. The van der Waals surface area contributed by atoms with Crippen molar-refractivity contribution in [2.75, 3.05) is 50.7 Å². The summed E-state index contributed by atoms with van der Waals surface area (Å²) < 4.78 is 0.570. The highest BCUT2D eigenvalue weighted by atomic mass is 35.5. The van der Waals surface area contributed by atoms with E-state index >= 15 is 0 Å². The van der Waals surface area contributed by atoms with Gasteiger partial charge in [-0.1, -0.05) is 29.3 Å². The molecule has 1 aromatic carbocycles. The van der Waals surface area contributed by atoms with Crippen LogP contribution in [0.25, 0.3) is 0 Å².